The van der Waals surface area contributed by atoms with Gasteiger partial charge in [-0.15, -0.1) is 0 Å². The monoisotopic (exact) mass is 374 g/mol. The number of rotatable bonds is 3. The molecule has 1 atom stereocenters. The molecule has 8 nitrogen and oxygen atoms in total. The first-order valence-corrected chi connectivity index (χ1v) is 8.41. The fraction of sp³-hybridized carbons (Fsp3) is 0.294. The molecule has 0 spiro atoms. The number of nitrogens with one attached hydrogen (secondary N) is 1. The number of hydrogen-bond donors (Lipinski definition) is 2. The van der Waals surface area contributed by atoms with Crippen LogP contribution in [0.5, 0.6) is 0 Å². The summed E-state index contributed by atoms with van der Waals surface area (Å²) in [7, 11) is 0. The second-order valence-corrected chi connectivity index (χ2v) is 6.32. The molecule has 0 radical (unpaired) electrons. The molecule has 1 saturated heterocycles. The minimum absolute atomic E-state index is 0.0245. The summed E-state index contributed by atoms with van der Waals surface area (Å²) in [6, 6.07) is 2.55. The lowest BCUT2D eigenvalue weighted by Gasteiger charge is -2.31. The maximum Gasteiger partial charge on any atom is 0.407 e. The molecule has 0 unspecified atom stereocenters. The van der Waals surface area contributed by atoms with Crippen molar-refractivity contribution in [3.05, 3.63) is 42.4 Å². The number of hydrogen-bond acceptors (Lipinski definition) is 5. The number of carboxylic acid groups (broad SMARTS) is 1. The number of pyridine rings is 1. The molecule has 27 heavy (non-hydrogen) atoms. The zero-order valence-electron chi connectivity index (χ0n) is 14.1. The number of carbonyl (C=O) groups is 1. The molecule has 140 valence electrons. The Morgan fingerprint density at radius 2 is 2.11 bits per heavy atom. The highest BCUT2D eigenvalue weighted by atomic mass is 19.1. The third kappa shape index (κ3) is 3.37. The molecular formula is C17H16F2N6O2. The Labute approximate surface area is 152 Å². The summed E-state index contributed by atoms with van der Waals surface area (Å²) in [5.41, 5.74) is 0.932. The first kappa shape index (κ1) is 17.1. The largest absolute Gasteiger partial charge is 0.465 e. The minimum atomic E-state index is -1.00. The summed E-state index contributed by atoms with van der Waals surface area (Å²) in [5.74, 6) is -0.934. The highest BCUT2D eigenvalue weighted by Crippen LogP contribution is 2.22. The Bertz CT molecular complexity index is 1010. The van der Waals surface area contributed by atoms with Crippen LogP contribution in [0.25, 0.3) is 17.2 Å². The number of likely N-dealkylation sites (tertiary alicyclic amines) is 1. The van der Waals surface area contributed by atoms with E-state index in [-0.39, 0.29) is 24.2 Å². The van der Waals surface area contributed by atoms with E-state index in [1.807, 2.05) is 0 Å². The van der Waals surface area contributed by atoms with E-state index in [1.165, 1.54) is 33.8 Å². The molecule has 1 aliphatic rings. The quantitative estimate of drug-likeness (QED) is 0.732. The van der Waals surface area contributed by atoms with Crippen molar-refractivity contribution in [2.45, 2.75) is 18.9 Å². The molecular weight excluding hydrogens is 358 g/mol. The summed E-state index contributed by atoms with van der Waals surface area (Å²) in [6.45, 7) is 0.702. The van der Waals surface area contributed by atoms with Crippen LogP contribution >= 0.6 is 0 Å². The van der Waals surface area contributed by atoms with Crippen molar-refractivity contribution in [2.24, 2.45) is 0 Å². The predicted molar refractivity (Wildman–Crippen MR) is 92.4 cm³/mol. The van der Waals surface area contributed by atoms with E-state index in [0.29, 0.717) is 30.7 Å². The van der Waals surface area contributed by atoms with E-state index in [1.54, 1.807) is 0 Å². The van der Waals surface area contributed by atoms with Gasteiger partial charge in [0.15, 0.2) is 17.5 Å². The number of imidazole rings is 1. The van der Waals surface area contributed by atoms with Gasteiger partial charge >= 0.3 is 6.09 Å². The maximum absolute atomic E-state index is 14.2. The first-order valence-electron chi connectivity index (χ1n) is 8.41. The SMILES string of the molecule is O=C(O)N1CCC[C@@H](Nc2nc(-c3cnc4ccc(F)cn34)ncc2F)C1. The third-order valence-corrected chi connectivity index (χ3v) is 4.48. The molecule has 4 rings (SSSR count). The van der Waals surface area contributed by atoms with Gasteiger partial charge in [0.1, 0.15) is 17.2 Å². The van der Waals surface area contributed by atoms with Gasteiger partial charge in [0.2, 0.25) is 0 Å². The smallest absolute Gasteiger partial charge is 0.407 e. The van der Waals surface area contributed by atoms with E-state index >= 15 is 0 Å². The second kappa shape index (κ2) is 6.78. The number of amides is 1. The van der Waals surface area contributed by atoms with E-state index in [0.717, 1.165) is 6.20 Å². The molecule has 3 aromatic rings. The molecule has 10 heteroatoms. The lowest BCUT2D eigenvalue weighted by atomic mass is 10.1. The molecule has 0 saturated carbocycles. The number of halogens is 2. The molecule has 4 heterocycles. The van der Waals surface area contributed by atoms with Gasteiger partial charge in [-0.25, -0.2) is 28.5 Å². The van der Waals surface area contributed by atoms with Crippen molar-refractivity contribution in [1.82, 2.24) is 24.3 Å². The fourth-order valence-corrected chi connectivity index (χ4v) is 3.17. The number of aromatic nitrogens is 4. The van der Waals surface area contributed by atoms with E-state index in [4.69, 9.17) is 5.11 Å². The van der Waals surface area contributed by atoms with Crippen molar-refractivity contribution >= 4 is 17.6 Å². The molecule has 1 aliphatic heterocycles. The van der Waals surface area contributed by atoms with Crippen molar-refractivity contribution in [3.8, 4) is 11.5 Å². The first-order chi connectivity index (χ1) is 13.0. The Hall–Kier alpha value is -3.30. The highest BCUT2D eigenvalue weighted by molar-refractivity contribution is 5.65. The van der Waals surface area contributed by atoms with Gasteiger partial charge in [-0.3, -0.25) is 4.40 Å². The Kier molecular flexibility index (Phi) is 4.30. The van der Waals surface area contributed by atoms with Gasteiger partial charge in [0.25, 0.3) is 0 Å². The summed E-state index contributed by atoms with van der Waals surface area (Å²) >= 11 is 0. The molecule has 0 aliphatic carbocycles. The van der Waals surface area contributed by atoms with E-state index < -0.39 is 17.7 Å². The van der Waals surface area contributed by atoms with Crippen molar-refractivity contribution < 1.29 is 18.7 Å². The topological polar surface area (TPSA) is 95.7 Å². The lowest BCUT2D eigenvalue weighted by Crippen LogP contribution is -2.44. The lowest BCUT2D eigenvalue weighted by molar-refractivity contribution is 0.132. The van der Waals surface area contributed by atoms with Crippen molar-refractivity contribution in [1.29, 1.82) is 0 Å². The van der Waals surface area contributed by atoms with Crippen molar-refractivity contribution in [3.63, 3.8) is 0 Å². The van der Waals surface area contributed by atoms with Gasteiger partial charge < -0.3 is 15.3 Å². The average Bonchev–Trinajstić information content (AvgIpc) is 3.07. The highest BCUT2D eigenvalue weighted by Gasteiger charge is 2.24. The van der Waals surface area contributed by atoms with Gasteiger partial charge in [-0.05, 0) is 25.0 Å². The minimum Gasteiger partial charge on any atom is -0.465 e. The molecule has 2 N–H and O–H groups in total. The van der Waals surface area contributed by atoms with Crippen LogP contribution in [0.4, 0.5) is 19.4 Å². The Balaban J connectivity index is 1.63. The predicted octanol–water partition coefficient (Wildman–Crippen LogP) is 2.62. The van der Waals surface area contributed by atoms with E-state index in [2.05, 4.69) is 20.3 Å². The van der Waals surface area contributed by atoms with Crippen LogP contribution in [0.2, 0.25) is 0 Å². The number of anilines is 1. The van der Waals surface area contributed by atoms with Crippen LogP contribution in [0.3, 0.4) is 0 Å². The molecule has 1 amide bonds. The van der Waals surface area contributed by atoms with Gasteiger partial charge in [0, 0.05) is 25.3 Å². The Morgan fingerprint density at radius 1 is 1.26 bits per heavy atom. The summed E-state index contributed by atoms with van der Waals surface area (Å²) in [5, 5.41) is 12.1. The summed E-state index contributed by atoms with van der Waals surface area (Å²) in [4.78, 5) is 24.8. The number of nitrogens with zero attached hydrogens (tertiary/aromatic N) is 5. The summed E-state index contributed by atoms with van der Waals surface area (Å²) in [6.07, 6.45) is 4.14. The second-order valence-electron chi connectivity index (χ2n) is 6.32. The van der Waals surface area contributed by atoms with Crippen LogP contribution < -0.4 is 5.32 Å². The van der Waals surface area contributed by atoms with Gasteiger partial charge in [-0.2, -0.15) is 0 Å². The normalized spacial score (nSPS) is 17.3. The number of fused-ring (bicyclic) bond motifs is 1. The molecule has 1 fully saturated rings. The Morgan fingerprint density at radius 3 is 2.93 bits per heavy atom. The molecule has 0 bridgehead atoms. The zero-order chi connectivity index (χ0) is 19.0. The van der Waals surface area contributed by atoms with Gasteiger partial charge in [-0.1, -0.05) is 0 Å². The van der Waals surface area contributed by atoms with Crippen molar-refractivity contribution in [2.75, 3.05) is 18.4 Å². The standard InChI is InChI=1S/C17H16F2N6O2/c18-10-3-4-14-20-7-13(25(14)8-10)16-21-6-12(19)15(23-16)22-11-2-1-5-24(9-11)17(26)27/h3-4,6-8,11H,1-2,5,9H2,(H,26,27)(H,21,22,23)/t11-/m1/s1. The van der Waals surface area contributed by atoms with Crippen LogP contribution in [0.15, 0.2) is 30.7 Å². The van der Waals surface area contributed by atoms with Crippen LogP contribution in [0.1, 0.15) is 12.8 Å². The number of piperidine rings is 1. The van der Waals surface area contributed by atoms with Crippen LogP contribution in [0, 0.1) is 11.6 Å². The third-order valence-electron chi connectivity index (χ3n) is 4.48. The van der Waals surface area contributed by atoms with Gasteiger partial charge in [0.05, 0.1) is 12.4 Å². The zero-order valence-corrected chi connectivity index (χ0v) is 14.1. The molecule has 0 aromatic carbocycles. The van der Waals surface area contributed by atoms with Crippen LogP contribution in [-0.4, -0.2) is 54.6 Å². The van der Waals surface area contributed by atoms with Crippen LogP contribution in [-0.2, 0) is 0 Å². The fourth-order valence-electron chi connectivity index (χ4n) is 3.17. The van der Waals surface area contributed by atoms with E-state index in [9.17, 15) is 13.6 Å². The maximum atomic E-state index is 14.2. The molecule has 3 aromatic heterocycles. The average molecular weight is 374 g/mol. The summed E-state index contributed by atoms with van der Waals surface area (Å²) < 4.78 is 29.2.